The Morgan fingerprint density at radius 3 is 2.00 bits per heavy atom. The van der Waals surface area contributed by atoms with E-state index in [9.17, 15) is 18.0 Å². The predicted molar refractivity (Wildman–Crippen MR) is 123 cm³/mol. The standard InChI is InChI=1S/C24H24N2O5S/c1-18-9-15-22(16-10-18)32(29,30)26(21-13-11-19(12-14-21)24(28)31-3)17-23(27)25(2)20-7-5-4-6-8-20/h4-16H,17H2,1-3H3. The quantitative estimate of drug-likeness (QED) is 0.511. The molecule has 32 heavy (non-hydrogen) atoms. The maximum absolute atomic E-state index is 13.5. The van der Waals surface area contributed by atoms with Gasteiger partial charge < -0.3 is 9.64 Å². The van der Waals surface area contributed by atoms with E-state index in [2.05, 4.69) is 0 Å². The Balaban J connectivity index is 2.00. The highest BCUT2D eigenvalue weighted by Gasteiger charge is 2.28. The largest absolute Gasteiger partial charge is 0.465 e. The number of esters is 1. The number of nitrogens with zero attached hydrogens (tertiary/aromatic N) is 2. The van der Waals surface area contributed by atoms with Crippen LogP contribution in [0.4, 0.5) is 11.4 Å². The van der Waals surface area contributed by atoms with Gasteiger partial charge in [-0.1, -0.05) is 35.9 Å². The highest BCUT2D eigenvalue weighted by Crippen LogP contribution is 2.25. The van der Waals surface area contributed by atoms with Gasteiger partial charge in [-0.3, -0.25) is 9.10 Å². The topological polar surface area (TPSA) is 84.0 Å². The molecule has 3 rings (SSSR count). The number of para-hydroxylation sites is 1. The number of methoxy groups -OCH3 is 1. The lowest BCUT2D eigenvalue weighted by Crippen LogP contribution is -2.41. The van der Waals surface area contributed by atoms with Gasteiger partial charge in [-0.25, -0.2) is 13.2 Å². The molecule has 3 aromatic carbocycles. The molecule has 0 N–H and O–H groups in total. The zero-order chi connectivity index (χ0) is 23.3. The zero-order valence-electron chi connectivity index (χ0n) is 18.1. The van der Waals surface area contributed by atoms with Gasteiger partial charge in [0, 0.05) is 12.7 Å². The molecule has 0 aliphatic carbocycles. The van der Waals surface area contributed by atoms with Gasteiger partial charge in [0.25, 0.3) is 10.0 Å². The number of amides is 1. The maximum Gasteiger partial charge on any atom is 0.337 e. The molecule has 7 nitrogen and oxygen atoms in total. The summed E-state index contributed by atoms with van der Waals surface area (Å²) in [6.07, 6.45) is 0. The Kier molecular flexibility index (Phi) is 6.95. The number of hydrogen-bond donors (Lipinski definition) is 0. The smallest absolute Gasteiger partial charge is 0.337 e. The number of ether oxygens (including phenoxy) is 1. The van der Waals surface area contributed by atoms with Gasteiger partial charge in [0.1, 0.15) is 6.54 Å². The van der Waals surface area contributed by atoms with Crippen molar-refractivity contribution in [3.8, 4) is 0 Å². The van der Waals surface area contributed by atoms with Crippen LogP contribution in [0.25, 0.3) is 0 Å². The first-order valence-electron chi connectivity index (χ1n) is 9.83. The van der Waals surface area contributed by atoms with Gasteiger partial charge in [-0.2, -0.15) is 0 Å². The van der Waals surface area contributed by atoms with E-state index in [0.29, 0.717) is 5.69 Å². The monoisotopic (exact) mass is 452 g/mol. The number of hydrogen-bond acceptors (Lipinski definition) is 5. The fraction of sp³-hybridized carbons (Fsp3) is 0.167. The van der Waals surface area contributed by atoms with E-state index in [4.69, 9.17) is 4.74 Å². The van der Waals surface area contributed by atoms with Crippen molar-refractivity contribution in [2.24, 2.45) is 0 Å². The molecule has 0 aromatic heterocycles. The van der Waals surface area contributed by atoms with Crippen LogP contribution in [-0.4, -0.2) is 41.0 Å². The first-order valence-corrected chi connectivity index (χ1v) is 11.3. The average Bonchev–Trinajstić information content (AvgIpc) is 2.82. The van der Waals surface area contributed by atoms with E-state index in [1.165, 1.54) is 48.4 Å². The summed E-state index contributed by atoms with van der Waals surface area (Å²) in [4.78, 5) is 26.2. The first-order chi connectivity index (χ1) is 15.2. The summed E-state index contributed by atoms with van der Waals surface area (Å²) in [5.74, 6) is -0.951. The van der Waals surface area contributed by atoms with Crippen LogP contribution in [0.2, 0.25) is 0 Å². The third-order valence-electron chi connectivity index (χ3n) is 4.98. The van der Waals surface area contributed by atoms with Crippen LogP contribution < -0.4 is 9.21 Å². The van der Waals surface area contributed by atoms with Crippen molar-refractivity contribution in [3.05, 3.63) is 90.0 Å². The Labute approximate surface area is 187 Å². The van der Waals surface area contributed by atoms with Crippen molar-refractivity contribution >= 4 is 33.3 Å². The molecule has 0 aliphatic heterocycles. The van der Waals surface area contributed by atoms with Crippen LogP contribution in [0.1, 0.15) is 15.9 Å². The molecule has 0 unspecified atom stereocenters. The van der Waals surface area contributed by atoms with Crippen LogP contribution in [0.15, 0.2) is 83.8 Å². The zero-order valence-corrected chi connectivity index (χ0v) is 18.9. The summed E-state index contributed by atoms with van der Waals surface area (Å²) in [6.45, 7) is 1.44. The fourth-order valence-electron chi connectivity index (χ4n) is 3.06. The minimum atomic E-state index is -4.05. The summed E-state index contributed by atoms with van der Waals surface area (Å²) in [5, 5.41) is 0. The number of rotatable bonds is 7. The first kappa shape index (κ1) is 23.0. The summed E-state index contributed by atoms with van der Waals surface area (Å²) in [6, 6.07) is 21.2. The minimum Gasteiger partial charge on any atom is -0.465 e. The summed E-state index contributed by atoms with van der Waals surface area (Å²) in [5.41, 5.74) is 2.09. The number of sulfonamides is 1. The van der Waals surface area contributed by atoms with Crippen LogP contribution >= 0.6 is 0 Å². The van der Waals surface area contributed by atoms with Crippen LogP contribution in [-0.2, 0) is 19.6 Å². The number of carbonyl (C=O) groups is 2. The number of likely N-dealkylation sites (N-methyl/N-ethyl adjacent to an activating group) is 1. The summed E-state index contributed by atoms with van der Waals surface area (Å²) < 4.78 is 32.7. The third kappa shape index (κ3) is 4.97. The lowest BCUT2D eigenvalue weighted by atomic mass is 10.2. The van der Waals surface area contributed by atoms with Crippen molar-refractivity contribution < 1.29 is 22.7 Å². The van der Waals surface area contributed by atoms with E-state index in [-0.39, 0.29) is 16.1 Å². The minimum absolute atomic E-state index is 0.0651. The maximum atomic E-state index is 13.5. The number of carbonyl (C=O) groups excluding carboxylic acids is 2. The molecule has 0 radical (unpaired) electrons. The van der Waals surface area contributed by atoms with E-state index in [0.717, 1.165) is 9.87 Å². The highest BCUT2D eigenvalue weighted by molar-refractivity contribution is 7.92. The molecule has 8 heteroatoms. The van der Waals surface area contributed by atoms with Gasteiger partial charge in [0.15, 0.2) is 0 Å². The molecule has 0 spiro atoms. The Hall–Kier alpha value is -3.65. The van der Waals surface area contributed by atoms with Crippen molar-refractivity contribution in [1.82, 2.24) is 0 Å². The molecule has 166 valence electrons. The van der Waals surface area contributed by atoms with E-state index < -0.39 is 28.4 Å². The van der Waals surface area contributed by atoms with Crippen molar-refractivity contribution in [1.29, 1.82) is 0 Å². The molecule has 0 saturated heterocycles. The van der Waals surface area contributed by atoms with Gasteiger partial charge in [0.2, 0.25) is 5.91 Å². The van der Waals surface area contributed by atoms with E-state index in [1.807, 2.05) is 13.0 Å². The molecule has 3 aromatic rings. The molecule has 0 fully saturated rings. The summed E-state index contributed by atoms with van der Waals surface area (Å²) >= 11 is 0. The van der Waals surface area contributed by atoms with E-state index in [1.54, 1.807) is 43.4 Å². The molecule has 0 atom stereocenters. The van der Waals surface area contributed by atoms with Crippen LogP contribution in [0.5, 0.6) is 0 Å². The highest BCUT2D eigenvalue weighted by atomic mass is 32.2. The predicted octanol–water partition coefficient (Wildman–Crippen LogP) is 3.64. The molecular weight excluding hydrogens is 428 g/mol. The molecular formula is C24H24N2O5S. The van der Waals surface area contributed by atoms with Gasteiger partial charge in [-0.15, -0.1) is 0 Å². The number of anilines is 2. The molecule has 0 heterocycles. The third-order valence-corrected chi connectivity index (χ3v) is 6.77. The second kappa shape index (κ2) is 9.65. The Bertz CT molecular complexity index is 1190. The summed E-state index contributed by atoms with van der Waals surface area (Å²) in [7, 11) is -1.19. The van der Waals surface area contributed by atoms with Gasteiger partial charge in [0.05, 0.1) is 23.3 Å². The molecule has 0 aliphatic rings. The Morgan fingerprint density at radius 2 is 1.44 bits per heavy atom. The van der Waals surface area contributed by atoms with E-state index >= 15 is 0 Å². The van der Waals surface area contributed by atoms with Gasteiger partial charge >= 0.3 is 5.97 Å². The Morgan fingerprint density at radius 1 is 0.844 bits per heavy atom. The second-order valence-electron chi connectivity index (χ2n) is 7.15. The van der Waals surface area contributed by atoms with Crippen molar-refractivity contribution in [3.63, 3.8) is 0 Å². The molecule has 0 saturated carbocycles. The van der Waals surface area contributed by atoms with Crippen molar-refractivity contribution in [2.45, 2.75) is 11.8 Å². The second-order valence-corrected chi connectivity index (χ2v) is 9.01. The number of aryl methyl sites for hydroxylation is 1. The number of benzene rings is 3. The lowest BCUT2D eigenvalue weighted by molar-refractivity contribution is -0.116. The van der Waals surface area contributed by atoms with Gasteiger partial charge in [-0.05, 0) is 55.5 Å². The molecule has 0 bridgehead atoms. The normalized spacial score (nSPS) is 11.0. The SMILES string of the molecule is COC(=O)c1ccc(N(CC(=O)N(C)c2ccccc2)S(=O)(=O)c2ccc(C)cc2)cc1. The fourth-order valence-corrected chi connectivity index (χ4v) is 4.47. The lowest BCUT2D eigenvalue weighted by Gasteiger charge is -2.27. The van der Waals surface area contributed by atoms with Crippen LogP contribution in [0, 0.1) is 6.92 Å². The molecule has 1 amide bonds. The average molecular weight is 453 g/mol. The van der Waals surface area contributed by atoms with Crippen molar-refractivity contribution in [2.75, 3.05) is 29.9 Å². The van der Waals surface area contributed by atoms with Crippen LogP contribution in [0.3, 0.4) is 0 Å².